The number of pyridine rings is 2. The Balaban J connectivity index is 1.38. The van der Waals surface area contributed by atoms with Crippen molar-refractivity contribution in [1.82, 2.24) is 25.1 Å². The van der Waals surface area contributed by atoms with Crippen LogP contribution < -0.4 is 10.6 Å². The maximum Gasteiger partial charge on any atom is 0.270 e. The predicted octanol–water partition coefficient (Wildman–Crippen LogP) is 4.54. The second kappa shape index (κ2) is 9.79. The first-order valence-electron chi connectivity index (χ1n) is 12.6. The molecular weight excluding hydrogens is 459 g/mol. The first-order valence-corrected chi connectivity index (χ1v) is 12.6. The molecule has 2 saturated carbocycles. The molecule has 2 N–H and O–H groups in total. The lowest BCUT2D eigenvalue weighted by molar-refractivity contribution is -0.119. The van der Waals surface area contributed by atoms with E-state index in [2.05, 4.69) is 25.7 Å². The van der Waals surface area contributed by atoms with Crippen LogP contribution in [0.2, 0.25) is 0 Å². The first-order chi connectivity index (χ1) is 17.3. The Kier molecular flexibility index (Phi) is 6.55. The van der Waals surface area contributed by atoms with Crippen LogP contribution in [0.5, 0.6) is 0 Å². The zero-order chi connectivity index (χ0) is 25.4. The third kappa shape index (κ3) is 5.01. The minimum Gasteiger partial charge on any atom is -0.339 e. The number of amides is 2. The number of hydrogen-bond acceptors (Lipinski definition) is 5. The molecule has 3 heterocycles. The number of hydrogen-bond donors (Lipinski definition) is 2. The highest BCUT2D eigenvalue weighted by Gasteiger charge is 2.48. The van der Waals surface area contributed by atoms with E-state index in [1.54, 1.807) is 47.5 Å². The number of rotatable bonds is 9. The zero-order valence-electron chi connectivity index (χ0n) is 20.7. The maximum absolute atomic E-state index is 14.9. The van der Waals surface area contributed by atoms with Gasteiger partial charge in [-0.25, -0.2) is 4.98 Å². The summed E-state index contributed by atoms with van der Waals surface area (Å²) in [5, 5.41) is 10.0. The number of nitrogens with zero attached hydrogens (tertiary/aromatic N) is 4. The van der Waals surface area contributed by atoms with E-state index in [0.717, 1.165) is 31.2 Å². The molecule has 2 aliphatic rings. The number of aromatic nitrogens is 4. The normalized spacial score (nSPS) is 16.3. The Hall–Kier alpha value is -3.62. The van der Waals surface area contributed by atoms with Crippen LogP contribution in [0.25, 0.3) is 11.1 Å². The van der Waals surface area contributed by atoms with Gasteiger partial charge < -0.3 is 10.6 Å². The van der Waals surface area contributed by atoms with Gasteiger partial charge in [-0.3, -0.25) is 19.3 Å². The summed E-state index contributed by atoms with van der Waals surface area (Å²) in [4.78, 5) is 34.9. The van der Waals surface area contributed by atoms with Gasteiger partial charge in [0.25, 0.3) is 5.91 Å². The Morgan fingerprint density at radius 3 is 2.36 bits per heavy atom. The molecule has 0 bridgehead atoms. The van der Waals surface area contributed by atoms with Gasteiger partial charge in [0.15, 0.2) is 0 Å². The van der Waals surface area contributed by atoms with Gasteiger partial charge >= 0.3 is 0 Å². The molecule has 3 aromatic rings. The van der Waals surface area contributed by atoms with Crippen molar-refractivity contribution in [1.29, 1.82) is 0 Å². The molecule has 188 valence electrons. The Labute approximate surface area is 209 Å². The molecule has 8 nitrogen and oxygen atoms in total. The summed E-state index contributed by atoms with van der Waals surface area (Å²) in [7, 11) is 0. The van der Waals surface area contributed by atoms with Crippen molar-refractivity contribution in [2.45, 2.75) is 58.5 Å². The molecule has 9 heteroatoms. The molecule has 5 rings (SSSR count). The Morgan fingerprint density at radius 1 is 1.03 bits per heavy atom. The first kappa shape index (κ1) is 24.1. The van der Waals surface area contributed by atoms with Gasteiger partial charge in [-0.2, -0.15) is 9.49 Å². The summed E-state index contributed by atoms with van der Waals surface area (Å²) in [6.07, 6.45) is 9.04. The molecule has 0 saturated heterocycles. The van der Waals surface area contributed by atoms with Gasteiger partial charge in [0, 0.05) is 35.8 Å². The van der Waals surface area contributed by atoms with Gasteiger partial charge in [-0.1, -0.05) is 0 Å². The topological polar surface area (TPSA) is 102 Å². The van der Waals surface area contributed by atoms with Crippen LogP contribution in [0.1, 0.15) is 61.6 Å². The second-order valence-electron chi connectivity index (χ2n) is 10.2. The summed E-state index contributed by atoms with van der Waals surface area (Å²) in [6.45, 7) is 5.77. The average molecular weight is 491 g/mol. The monoisotopic (exact) mass is 490 g/mol. The van der Waals surface area contributed by atoms with Crippen LogP contribution in [-0.4, -0.2) is 37.6 Å². The van der Waals surface area contributed by atoms with Gasteiger partial charge in [0.05, 0.1) is 0 Å². The van der Waals surface area contributed by atoms with E-state index < -0.39 is 12.0 Å². The number of halogens is 1. The molecule has 3 aromatic heterocycles. The highest BCUT2D eigenvalue weighted by atomic mass is 19.1. The number of carbonyl (C=O) groups is 2. The van der Waals surface area contributed by atoms with Crippen molar-refractivity contribution < 1.29 is 14.0 Å². The smallest absolute Gasteiger partial charge is 0.270 e. The van der Waals surface area contributed by atoms with Crippen molar-refractivity contribution in [3.63, 3.8) is 0 Å². The average Bonchev–Trinajstić information content (AvgIpc) is 3.79. The van der Waals surface area contributed by atoms with E-state index in [-0.39, 0.29) is 29.6 Å². The highest BCUT2D eigenvalue weighted by Crippen LogP contribution is 2.51. The lowest BCUT2D eigenvalue weighted by Crippen LogP contribution is -2.50. The predicted molar refractivity (Wildman–Crippen MR) is 134 cm³/mol. The van der Waals surface area contributed by atoms with Gasteiger partial charge in [-0.05, 0) is 94.0 Å². The Morgan fingerprint density at radius 2 is 1.75 bits per heavy atom. The molecule has 0 spiro atoms. The molecule has 0 radical (unpaired) electrons. The molecule has 36 heavy (non-hydrogen) atoms. The number of nitrogens with one attached hydrogen (secondary N) is 2. The SMILES string of the molecule is Cc1ccncc1-c1ccc(NC(=O)[C@@H](NC(=O)c2ccnn2C(C)C)C(C2CC2)C2CC2)nc1F. The third-order valence-electron chi connectivity index (χ3n) is 7.11. The summed E-state index contributed by atoms with van der Waals surface area (Å²) < 4.78 is 16.6. The lowest BCUT2D eigenvalue weighted by atomic mass is 9.88. The van der Waals surface area contributed by atoms with Crippen molar-refractivity contribution in [3.8, 4) is 11.1 Å². The van der Waals surface area contributed by atoms with Crippen LogP contribution in [0.3, 0.4) is 0 Å². The lowest BCUT2D eigenvalue weighted by Gasteiger charge is -2.27. The van der Waals surface area contributed by atoms with Crippen LogP contribution in [-0.2, 0) is 4.79 Å². The third-order valence-corrected chi connectivity index (χ3v) is 7.11. The molecule has 2 amide bonds. The van der Waals surface area contributed by atoms with Gasteiger partial charge in [-0.15, -0.1) is 0 Å². The van der Waals surface area contributed by atoms with Crippen molar-refractivity contribution in [2.75, 3.05) is 5.32 Å². The molecule has 2 aliphatic carbocycles. The Bertz CT molecular complexity index is 1270. The molecule has 1 atom stereocenters. The summed E-state index contributed by atoms with van der Waals surface area (Å²) in [5.74, 6) is -0.431. The van der Waals surface area contributed by atoms with E-state index in [4.69, 9.17) is 0 Å². The summed E-state index contributed by atoms with van der Waals surface area (Å²) in [5.41, 5.74) is 2.25. The molecule has 0 unspecified atom stereocenters. The fraction of sp³-hybridized carbons (Fsp3) is 0.444. The quantitative estimate of drug-likeness (QED) is 0.429. The van der Waals surface area contributed by atoms with Crippen molar-refractivity contribution in [3.05, 3.63) is 60.1 Å². The minimum absolute atomic E-state index is 0.00447. The maximum atomic E-state index is 14.9. The summed E-state index contributed by atoms with van der Waals surface area (Å²) in [6, 6.07) is 5.90. The van der Waals surface area contributed by atoms with Crippen molar-refractivity contribution in [2.24, 2.45) is 17.8 Å². The van der Waals surface area contributed by atoms with Gasteiger partial charge in [0.2, 0.25) is 11.9 Å². The van der Waals surface area contributed by atoms with E-state index in [1.807, 2.05) is 20.8 Å². The fourth-order valence-electron chi connectivity index (χ4n) is 5.00. The molecule has 0 aromatic carbocycles. The van der Waals surface area contributed by atoms with E-state index >= 15 is 0 Å². The molecular formula is C27H31FN6O2. The highest BCUT2D eigenvalue weighted by molar-refractivity contribution is 6.00. The molecule has 0 aliphatic heterocycles. The van der Waals surface area contributed by atoms with Crippen LogP contribution in [0.4, 0.5) is 10.2 Å². The van der Waals surface area contributed by atoms with Crippen LogP contribution in [0, 0.1) is 30.6 Å². The fourth-order valence-corrected chi connectivity index (χ4v) is 5.00. The van der Waals surface area contributed by atoms with Gasteiger partial charge in [0.1, 0.15) is 17.6 Å². The minimum atomic E-state index is -0.738. The van der Waals surface area contributed by atoms with Crippen LogP contribution >= 0.6 is 0 Å². The second-order valence-corrected chi connectivity index (χ2v) is 10.2. The number of aryl methyl sites for hydroxylation is 1. The standard InChI is InChI=1S/C27H31FN6O2/c1-15(2)34-21(11-13-30-34)26(35)33-24(23(17-4-5-17)18-6-7-18)27(36)32-22-9-8-19(25(28)31-22)20-14-29-12-10-16(20)3/h8-15,17-18,23-24H,4-7H2,1-3H3,(H,33,35)(H,31,32,36)/t24-/m0/s1. The summed E-state index contributed by atoms with van der Waals surface area (Å²) >= 11 is 0. The number of anilines is 1. The van der Waals surface area contributed by atoms with E-state index in [1.165, 1.54) is 0 Å². The largest absolute Gasteiger partial charge is 0.339 e. The van der Waals surface area contributed by atoms with E-state index in [9.17, 15) is 14.0 Å². The number of carbonyl (C=O) groups excluding carboxylic acids is 2. The van der Waals surface area contributed by atoms with Crippen molar-refractivity contribution >= 4 is 17.6 Å². The molecule has 2 fully saturated rings. The zero-order valence-corrected chi connectivity index (χ0v) is 20.7. The van der Waals surface area contributed by atoms with Crippen LogP contribution in [0.15, 0.2) is 42.9 Å². The van der Waals surface area contributed by atoms with E-state index in [0.29, 0.717) is 28.7 Å².